The number of fused-ring (bicyclic) bond motifs is 1. The average molecular weight is 470 g/mol. The fraction of sp³-hybridized carbons (Fsp3) is 0.458. The van der Waals surface area contributed by atoms with E-state index in [1.54, 1.807) is 0 Å². The van der Waals surface area contributed by atoms with Crippen LogP contribution in [0.4, 0.5) is 5.69 Å². The van der Waals surface area contributed by atoms with Gasteiger partial charge in [-0.15, -0.1) is 0 Å². The van der Waals surface area contributed by atoms with Gasteiger partial charge in [-0.2, -0.15) is 0 Å². The Morgan fingerprint density at radius 3 is 1.96 bits per heavy atom. The third kappa shape index (κ3) is 4.26. The molecular weight excluding hydrogens is 437 g/mol. The van der Waals surface area contributed by atoms with E-state index < -0.39 is 18.4 Å². The van der Waals surface area contributed by atoms with E-state index >= 15 is 0 Å². The number of hydrogen-bond acceptors (Lipinski definition) is 1. The molecule has 1 aliphatic carbocycles. The van der Waals surface area contributed by atoms with E-state index in [2.05, 4.69) is 78.2 Å². The van der Waals surface area contributed by atoms with Gasteiger partial charge in [-0.1, -0.05) is 0 Å². The average Bonchev–Trinajstić information content (AvgIpc) is 2.58. The molecule has 1 aliphatic rings. The summed E-state index contributed by atoms with van der Waals surface area (Å²) in [6.45, 7) is 9.26. The first kappa shape index (κ1) is 20.4. The molecule has 3 heteroatoms. The fourth-order valence-corrected chi connectivity index (χ4v) is 7.32. The van der Waals surface area contributed by atoms with Crippen LogP contribution in [0.5, 0.6) is 0 Å². The maximum atomic E-state index is 12.7. The molecule has 1 N–H and O–H groups in total. The molecule has 2 aromatic rings. The van der Waals surface area contributed by atoms with Crippen molar-refractivity contribution in [2.45, 2.75) is 66.2 Å². The Morgan fingerprint density at radius 2 is 1.41 bits per heavy atom. The molecule has 0 saturated heterocycles. The van der Waals surface area contributed by atoms with Gasteiger partial charge in [0.1, 0.15) is 0 Å². The zero-order valence-electron chi connectivity index (χ0n) is 17.9. The van der Waals surface area contributed by atoms with Crippen LogP contribution < -0.4 is 8.90 Å². The second-order valence-electron chi connectivity index (χ2n) is 10.3. The number of hydrogen-bond donors (Lipinski definition) is 1. The van der Waals surface area contributed by atoms with Crippen LogP contribution in [-0.2, 0) is 10.8 Å². The van der Waals surface area contributed by atoms with Crippen molar-refractivity contribution in [3.8, 4) is 0 Å². The Bertz CT molecular complexity index is 857. The molecule has 0 heterocycles. The summed E-state index contributed by atoms with van der Waals surface area (Å²) in [5.74, 6) is -0.0292. The molecule has 0 spiro atoms. The summed E-state index contributed by atoms with van der Waals surface area (Å²) >= 11 is -2.08. The van der Waals surface area contributed by atoms with Crippen LogP contribution in [0, 0.1) is 0 Å². The molecular formula is C24H33NOSn. The molecule has 0 atom stereocenters. The van der Waals surface area contributed by atoms with Crippen LogP contribution in [0.1, 0.15) is 62.0 Å². The SMILES string of the molecule is CC1(C)CCC(C)(C)c2cc(NC(=O)c3cc[c]([Sn]([CH3])([CH3])[CH3])cc3)ccc21. The molecule has 0 bridgehead atoms. The molecule has 144 valence electrons. The summed E-state index contributed by atoms with van der Waals surface area (Å²) in [5, 5.41) is 3.11. The Balaban J connectivity index is 1.85. The number of benzene rings is 2. The molecule has 0 fully saturated rings. The summed E-state index contributed by atoms with van der Waals surface area (Å²) < 4.78 is 1.44. The van der Waals surface area contributed by atoms with Gasteiger partial charge in [0.05, 0.1) is 0 Å². The predicted octanol–water partition coefficient (Wildman–Crippen LogP) is 5.83. The Hall–Kier alpha value is -1.29. The summed E-state index contributed by atoms with van der Waals surface area (Å²) in [4.78, 5) is 19.9. The minimum absolute atomic E-state index is 0.0292. The van der Waals surface area contributed by atoms with Crippen LogP contribution in [0.2, 0.25) is 14.8 Å². The van der Waals surface area contributed by atoms with E-state index in [-0.39, 0.29) is 16.7 Å². The van der Waals surface area contributed by atoms with Gasteiger partial charge in [-0.3, -0.25) is 0 Å². The van der Waals surface area contributed by atoms with E-state index in [0.717, 1.165) is 11.3 Å². The van der Waals surface area contributed by atoms with Gasteiger partial charge in [0.25, 0.3) is 0 Å². The van der Waals surface area contributed by atoms with E-state index in [1.807, 2.05) is 12.1 Å². The van der Waals surface area contributed by atoms with Crippen molar-refractivity contribution in [2.24, 2.45) is 0 Å². The molecule has 3 rings (SSSR count). The van der Waals surface area contributed by atoms with Crippen molar-refractivity contribution in [1.82, 2.24) is 0 Å². The summed E-state index contributed by atoms with van der Waals surface area (Å²) in [5.41, 5.74) is 4.75. The van der Waals surface area contributed by atoms with Gasteiger partial charge in [0, 0.05) is 0 Å². The second-order valence-corrected chi connectivity index (χ2v) is 24.8. The monoisotopic (exact) mass is 471 g/mol. The Kier molecular flexibility index (Phi) is 5.26. The summed E-state index contributed by atoms with van der Waals surface area (Å²) in [7, 11) is 0. The van der Waals surface area contributed by atoms with E-state index in [4.69, 9.17) is 0 Å². The van der Waals surface area contributed by atoms with E-state index in [0.29, 0.717) is 0 Å². The molecule has 0 radical (unpaired) electrons. The van der Waals surface area contributed by atoms with Gasteiger partial charge < -0.3 is 0 Å². The summed E-state index contributed by atoms with van der Waals surface area (Å²) in [6, 6.07) is 14.7. The van der Waals surface area contributed by atoms with Crippen LogP contribution in [0.25, 0.3) is 0 Å². The standard InChI is InChI=1S/C21H24NO.3CH3.Sn/c1-20(2)12-13-21(3,4)18-14-16(10-11-17(18)20)22-19(23)15-8-6-5-7-9-15;;;;/h6-11,14H,12-13H2,1-4H3,(H,22,23);3*1H3;. The van der Waals surface area contributed by atoms with Crippen molar-refractivity contribution in [3.05, 3.63) is 59.2 Å². The van der Waals surface area contributed by atoms with Crippen LogP contribution >= 0.6 is 0 Å². The first-order chi connectivity index (χ1) is 12.4. The van der Waals surface area contributed by atoms with Crippen LogP contribution in [0.15, 0.2) is 42.5 Å². The van der Waals surface area contributed by atoms with Crippen molar-refractivity contribution in [1.29, 1.82) is 0 Å². The Labute approximate surface area is 168 Å². The predicted molar refractivity (Wildman–Crippen MR) is 119 cm³/mol. The first-order valence-electron chi connectivity index (χ1n) is 9.97. The minimum atomic E-state index is -2.08. The molecule has 1 amide bonds. The number of anilines is 1. The van der Waals surface area contributed by atoms with Gasteiger partial charge >= 0.3 is 169 Å². The molecule has 0 aromatic heterocycles. The zero-order valence-corrected chi connectivity index (χ0v) is 20.7. The summed E-state index contributed by atoms with van der Waals surface area (Å²) in [6.07, 6.45) is 2.37. The van der Waals surface area contributed by atoms with Crippen LogP contribution in [-0.4, -0.2) is 24.3 Å². The maximum absolute atomic E-state index is 12.7. The number of nitrogens with one attached hydrogen (secondary N) is 1. The number of carbonyl (C=O) groups is 1. The third-order valence-electron chi connectivity index (χ3n) is 6.12. The normalized spacial score (nSPS) is 17.9. The second kappa shape index (κ2) is 6.95. The van der Waals surface area contributed by atoms with Crippen molar-refractivity contribution < 1.29 is 4.79 Å². The topological polar surface area (TPSA) is 29.1 Å². The van der Waals surface area contributed by atoms with Gasteiger partial charge in [0.15, 0.2) is 0 Å². The molecule has 27 heavy (non-hydrogen) atoms. The quantitative estimate of drug-likeness (QED) is 0.562. The van der Waals surface area contributed by atoms with E-state index in [1.165, 1.54) is 27.5 Å². The van der Waals surface area contributed by atoms with Gasteiger partial charge in [-0.05, 0) is 0 Å². The van der Waals surface area contributed by atoms with Crippen molar-refractivity contribution in [2.75, 3.05) is 5.32 Å². The van der Waals surface area contributed by atoms with Crippen molar-refractivity contribution >= 4 is 33.6 Å². The molecule has 2 nitrogen and oxygen atoms in total. The van der Waals surface area contributed by atoms with Gasteiger partial charge in [-0.25, -0.2) is 0 Å². The molecule has 2 aromatic carbocycles. The molecule has 0 unspecified atom stereocenters. The first-order valence-corrected chi connectivity index (χ1v) is 20.0. The zero-order chi connectivity index (χ0) is 20.0. The molecule has 0 saturated carbocycles. The Morgan fingerprint density at radius 1 is 0.852 bits per heavy atom. The third-order valence-corrected chi connectivity index (χ3v) is 12.0. The number of amides is 1. The number of carbonyl (C=O) groups excluding carboxylic acids is 1. The van der Waals surface area contributed by atoms with Crippen molar-refractivity contribution in [3.63, 3.8) is 0 Å². The number of rotatable bonds is 3. The van der Waals surface area contributed by atoms with Crippen LogP contribution in [0.3, 0.4) is 0 Å². The fourth-order valence-electron chi connectivity index (χ4n) is 3.99. The van der Waals surface area contributed by atoms with E-state index in [9.17, 15) is 4.79 Å². The molecule has 0 aliphatic heterocycles. The van der Waals surface area contributed by atoms with Gasteiger partial charge in [0.2, 0.25) is 0 Å².